The van der Waals surface area contributed by atoms with Gasteiger partial charge in [0.05, 0.1) is 5.41 Å². The second-order valence-corrected chi connectivity index (χ2v) is 10.7. The van der Waals surface area contributed by atoms with Crippen molar-refractivity contribution >= 4 is 33.8 Å². The van der Waals surface area contributed by atoms with Crippen molar-refractivity contribution in [2.75, 3.05) is 32.7 Å². The van der Waals surface area contributed by atoms with E-state index in [2.05, 4.69) is 0 Å². The summed E-state index contributed by atoms with van der Waals surface area (Å²) in [6, 6.07) is 9.17. The molecular weight excluding hydrogens is 430 g/mol. The molecule has 8 nitrogen and oxygen atoms in total. The van der Waals surface area contributed by atoms with Gasteiger partial charge in [-0.3, -0.25) is 19.3 Å². The molecule has 2 saturated heterocycles. The highest BCUT2D eigenvalue weighted by molar-refractivity contribution is 7.92. The van der Waals surface area contributed by atoms with Gasteiger partial charge in [0, 0.05) is 38.0 Å². The molecule has 0 N–H and O–H groups in total. The number of benzene rings is 1. The predicted octanol–water partition coefficient (Wildman–Crippen LogP) is 1.84. The third-order valence-electron chi connectivity index (χ3n) is 6.78. The maximum atomic E-state index is 12.9. The van der Waals surface area contributed by atoms with Gasteiger partial charge in [0.15, 0.2) is 0 Å². The number of hydrogen-bond acceptors (Lipinski definition) is 5. The van der Waals surface area contributed by atoms with E-state index in [4.69, 9.17) is 0 Å². The highest BCUT2D eigenvalue weighted by Crippen LogP contribution is 2.45. The number of hydrogen-bond donors (Lipinski definition) is 0. The van der Waals surface area contributed by atoms with Gasteiger partial charge in [-0.15, -0.1) is 0 Å². The Balaban J connectivity index is 1.32. The zero-order chi connectivity index (χ0) is 22.8. The van der Waals surface area contributed by atoms with Crippen molar-refractivity contribution in [3.8, 4) is 0 Å². The highest BCUT2D eigenvalue weighted by atomic mass is 32.2. The number of imide groups is 1. The lowest BCUT2D eigenvalue weighted by molar-refractivity contribution is -0.148. The van der Waals surface area contributed by atoms with Crippen LogP contribution in [-0.2, 0) is 24.4 Å². The molecule has 2 aliphatic heterocycles. The van der Waals surface area contributed by atoms with Gasteiger partial charge in [0.1, 0.15) is 6.54 Å². The van der Waals surface area contributed by atoms with Gasteiger partial charge in [0.25, 0.3) is 0 Å². The number of carbonyl (C=O) groups is 3. The largest absolute Gasteiger partial charge is 0.338 e. The standard InChI is InChI=1S/C23H29N3O5S/c27-20-17-23(10-5-2-6-11-23)22(29)26(20)18-21(28)24-12-14-25(15-13-24)32(30,31)16-9-19-7-3-1-4-8-19/h1,3-4,7-9,16H,2,5-6,10-15,17-18H2/b16-9+. The number of sulfonamides is 1. The summed E-state index contributed by atoms with van der Waals surface area (Å²) in [7, 11) is -3.59. The number of likely N-dealkylation sites (tertiary alicyclic amines) is 1. The summed E-state index contributed by atoms with van der Waals surface area (Å²) in [6.45, 7) is 0.579. The van der Waals surface area contributed by atoms with Crippen LogP contribution >= 0.6 is 0 Å². The average Bonchev–Trinajstić information content (AvgIpc) is 3.02. The van der Waals surface area contributed by atoms with Crippen LogP contribution in [0.4, 0.5) is 0 Å². The molecule has 1 aromatic rings. The molecule has 0 atom stereocenters. The lowest BCUT2D eigenvalue weighted by atomic mass is 9.73. The molecular formula is C23H29N3O5S. The first-order chi connectivity index (χ1) is 15.3. The fourth-order valence-corrected chi connectivity index (χ4v) is 6.05. The zero-order valence-electron chi connectivity index (χ0n) is 18.1. The van der Waals surface area contributed by atoms with Gasteiger partial charge in [-0.2, -0.15) is 4.31 Å². The highest BCUT2D eigenvalue weighted by Gasteiger charge is 2.52. The molecule has 0 aromatic heterocycles. The first-order valence-electron chi connectivity index (χ1n) is 11.2. The van der Waals surface area contributed by atoms with Crippen molar-refractivity contribution in [3.05, 3.63) is 41.3 Å². The van der Waals surface area contributed by atoms with E-state index in [1.54, 1.807) is 11.0 Å². The Morgan fingerprint density at radius 1 is 0.969 bits per heavy atom. The molecule has 0 unspecified atom stereocenters. The second-order valence-electron chi connectivity index (χ2n) is 8.84. The minimum atomic E-state index is -3.59. The molecule has 4 rings (SSSR count). The number of nitrogens with zero attached hydrogens (tertiary/aromatic N) is 3. The molecule has 3 aliphatic rings. The number of rotatable bonds is 5. The molecule has 1 saturated carbocycles. The molecule has 3 fully saturated rings. The zero-order valence-corrected chi connectivity index (χ0v) is 18.9. The van der Waals surface area contributed by atoms with E-state index in [0.29, 0.717) is 0 Å². The van der Waals surface area contributed by atoms with E-state index in [9.17, 15) is 22.8 Å². The minimum Gasteiger partial charge on any atom is -0.338 e. The van der Waals surface area contributed by atoms with Crippen molar-refractivity contribution in [3.63, 3.8) is 0 Å². The van der Waals surface area contributed by atoms with Crippen LogP contribution in [0, 0.1) is 5.41 Å². The molecule has 0 radical (unpaired) electrons. The maximum Gasteiger partial charge on any atom is 0.242 e. The van der Waals surface area contributed by atoms with E-state index in [1.807, 2.05) is 30.3 Å². The van der Waals surface area contributed by atoms with Crippen LogP contribution in [0.25, 0.3) is 6.08 Å². The predicted molar refractivity (Wildman–Crippen MR) is 119 cm³/mol. The van der Waals surface area contributed by atoms with Crippen molar-refractivity contribution in [1.82, 2.24) is 14.1 Å². The van der Waals surface area contributed by atoms with Crippen molar-refractivity contribution < 1.29 is 22.8 Å². The summed E-state index contributed by atoms with van der Waals surface area (Å²) in [5, 5.41) is 1.19. The molecule has 0 bridgehead atoms. The van der Waals surface area contributed by atoms with E-state index in [-0.39, 0.29) is 56.9 Å². The number of amides is 3. The van der Waals surface area contributed by atoms with Crippen molar-refractivity contribution in [2.24, 2.45) is 5.41 Å². The summed E-state index contributed by atoms with van der Waals surface area (Å²) < 4.78 is 26.6. The summed E-state index contributed by atoms with van der Waals surface area (Å²) in [5.74, 6) is -0.781. The van der Waals surface area contributed by atoms with Gasteiger partial charge >= 0.3 is 0 Å². The molecule has 9 heteroatoms. The fourth-order valence-electron chi connectivity index (χ4n) is 4.88. The van der Waals surface area contributed by atoms with Crippen LogP contribution < -0.4 is 0 Å². The van der Waals surface area contributed by atoms with Gasteiger partial charge in [-0.25, -0.2) is 8.42 Å². The molecule has 3 amide bonds. The Morgan fingerprint density at radius 2 is 1.62 bits per heavy atom. The number of piperazine rings is 1. The molecule has 1 aromatic carbocycles. The Bertz CT molecular complexity index is 1010. The normalized spacial score (nSPS) is 22.2. The van der Waals surface area contributed by atoms with E-state index in [0.717, 1.165) is 42.6 Å². The Hall–Kier alpha value is -2.52. The summed E-state index contributed by atoms with van der Waals surface area (Å²) in [6.07, 6.45) is 6.16. The Morgan fingerprint density at radius 3 is 2.28 bits per heavy atom. The lowest BCUT2D eigenvalue weighted by Gasteiger charge is -2.34. The summed E-state index contributed by atoms with van der Waals surface area (Å²) in [5.41, 5.74) is 0.189. The van der Waals surface area contributed by atoms with Gasteiger partial charge in [0.2, 0.25) is 27.7 Å². The van der Waals surface area contributed by atoms with Gasteiger partial charge in [-0.1, -0.05) is 49.6 Å². The van der Waals surface area contributed by atoms with Crippen LogP contribution in [0.3, 0.4) is 0 Å². The monoisotopic (exact) mass is 459 g/mol. The van der Waals surface area contributed by atoms with Crippen LogP contribution in [0.5, 0.6) is 0 Å². The first kappa shape index (κ1) is 22.7. The van der Waals surface area contributed by atoms with Gasteiger partial charge < -0.3 is 4.90 Å². The molecule has 32 heavy (non-hydrogen) atoms. The van der Waals surface area contributed by atoms with Crippen molar-refractivity contribution in [2.45, 2.75) is 38.5 Å². The molecule has 1 aliphatic carbocycles. The van der Waals surface area contributed by atoms with Gasteiger partial charge in [-0.05, 0) is 24.5 Å². The smallest absolute Gasteiger partial charge is 0.242 e. The fraction of sp³-hybridized carbons (Fsp3) is 0.522. The minimum absolute atomic E-state index is 0.180. The SMILES string of the molecule is O=C(CN1C(=O)CC2(CCCCC2)C1=O)N1CCN(S(=O)(=O)/C=C/c2ccccc2)CC1. The third kappa shape index (κ3) is 4.63. The average molecular weight is 460 g/mol. The van der Waals surface area contributed by atoms with Crippen LogP contribution in [0.15, 0.2) is 35.7 Å². The molecule has 1 spiro atoms. The Kier molecular flexibility index (Phi) is 6.48. The van der Waals surface area contributed by atoms with Crippen LogP contribution in [0.1, 0.15) is 44.1 Å². The second kappa shape index (κ2) is 9.15. The summed E-state index contributed by atoms with van der Waals surface area (Å²) >= 11 is 0. The lowest BCUT2D eigenvalue weighted by Crippen LogP contribution is -2.53. The Labute approximate surface area is 188 Å². The van der Waals surface area contributed by atoms with Crippen LogP contribution in [0.2, 0.25) is 0 Å². The van der Waals surface area contributed by atoms with E-state index < -0.39 is 15.4 Å². The maximum absolute atomic E-state index is 12.9. The number of carbonyl (C=O) groups excluding carboxylic acids is 3. The van der Waals surface area contributed by atoms with E-state index >= 15 is 0 Å². The summed E-state index contributed by atoms with van der Waals surface area (Å²) in [4.78, 5) is 40.9. The molecule has 172 valence electrons. The quantitative estimate of drug-likeness (QED) is 0.626. The topological polar surface area (TPSA) is 95.1 Å². The van der Waals surface area contributed by atoms with E-state index in [1.165, 1.54) is 9.71 Å². The van der Waals surface area contributed by atoms with Crippen LogP contribution in [-0.4, -0.2) is 73.0 Å². The molecule has 2 heterocycles. The first-order valence-corrected chi connectivity index (χ1v) is 12.7. The third-order valence-corrected chi connectivity index (χ3v) is 8.34. The van der Waals surface area contributed by atoms with Crippen molar-refractivity contribution in [1.29, 1.82) is 0 Å².